The second-order valence-electron chi connectivity index (χ2n) is 4.35. The van der Waals surface area contributed by atoms with E-state index in [-0.39, 0.29) is 5.92 Å². The summed E-state index contributed by atoms with van der Waals surface area (Å²) >= 11 is 6.24. The van der Waals surface area contributed by atoms with Crippen LogP contribution in [-0.4, -0.2) is 9.97 Å². The monoisotopic (exact) mass is 267 g/mol. The van der Waals surface area contributed by atoms with Crippen molar-refractivity contribution in [1.82, 2.24) is 9.97 Å². The number of nitrogens with zero attached hydrogens (tertiary/aromatic N) is 2. The van der Waals surface area contributed by atoms with Gasteiger partial charge < -0.3 is 0 Å². The first-order valence-electron chi connectivity index (χ1n) is 6.04. The van der Waals surface area contributed by atoms with Crippen LogP contribution in [0.1, 0.15) is 17.2 Å². The third-order valence-electron chi connectivity index (χ3n) is 3.18. The quantitative estimate of drug-likeness (QED) is 0.694. The van der Waals surface area contributed by atoms with E-state index >= 15 is 0 Å². The Bertz CT molecular complexity index is 719. The van der Waals surface area contributed by atoms with Crippen molar-refractivity contribution in [3.63, 3.8) is 0 Å². The number of benzene rings is 2. The summed E-state index contributed by atoms with van der Waals surface area (Å²) in [6, 6.07) is 15.7. The summed E-state index contributed by atoms with van der Waals surface area (Å²) in [4.78, 5) is 8.66. The van der Waals surface area contributed by atoms with E-state index in [0.29, 0.717) is 5.02 Å². The molecular formula is C16H12ClN2. The molecule has 0 spiro atoms. The highest BCUT2D eigenvalue weighted by Crippen LogP contribution is 2.31. The second kappa shape index (κ2) is 4.98. The molecule has 0 fully saturated rings. The molecule has 0 aliphatic carbocycles. The minimum Gasteiger partial charge on any atom is -0.240 e. The summed E-state index contributed by atoms with van der Waals surface area (Å²) in [5, 5.41) is 1.73. The Labute approximate surface area is 117 Å². The summed E-state index contributed by atoms with van der Waals surface area (Å²) in [5.74, 6) is -0.110. The molecule has 3 aromatic rings. The third-order valence-corrected chi connectivity index (χ3v) is 3.53. The molecule has 0 N–H and O–H groups in total. The van der Waals surface area contributed by atoms with E-state index in [0.717, 1.165) is 22.2 Å². The van der Waals surface area contributed by atoms with Crippen LogP contribution in [0.3, 0.4) is 0 Å². The van der Waals surface area contributed by atoms with Gasteiger partial charge in [0.2, 0.25) is 0 Å². The van der Waals surface area contributed by atoms with Gasteiger partial charge >= 0.3 is 0 Å². The molecule has 0 aliphatic heterocycles. The smallest absolute Gasteiger partial charge is 0.116 e. The SMILES string of the molecule is [CH2]C(c1ccccc1Cl)c1ncnc2ccccc12. The molecule has 1 radical (unpaired) electrons. The van der Waals surface area contributed by atoms with Crippen molar-refractivity contribution in [2.24, 2.45) is 0 Å². The highest BCUT2D eigenvalue weighted by atomic mass is 35.5. The van der Waals surface area contributed by atoms with Crippen molar-refractivity contribution in [2.75, 3.05) is 0 Å². The lowest BCUT2D eigenvalue weighted by atomic mass is 9.95. The molecular weight excluding hydrogens is 256 g/mol. The van der Waals surface area contributed by atoms with Gasteiger partial charge in [-0.15, -0.1) is 0 Å². The summed E-state index contributed by atoms with van der Waals surface area (Å²) in [6.07, 6.45) is 1.58. The Morgan fingerprint density at radius 2 is 1.68 bits per heavy atom. The van der Waals surface area contributed by atoms with E-state index in [1.54, 1.807) is 6.33 Å². The van der Waals surface area contributed by atoms with Gasteiger partial charge in [0.1, 0.15) is 6.33 Å². The van der Waals surface area contributed by atoms with Gasteiger partial charge in [0, 0.05) is 16.3 Å². The van der Waals surface area contributed by atoms with Crippen molar-refractivity contribution >= 4 is 22.5 Å². The van der Waals surface area contributed by atoms with E-state index < -0.39 is 0 Å². The fourth-order valence-corrected chi connectivity index (χ4v) is 2.48. The van der Waals surface area contributed by atoms with Gasteiger partial charge in [-0.2, -0.15) is 0 Å². The topological polar surface area (TPSA) is 25.8 Å². The van der Waals surface area contributed by atoms with Gasteiger partial charge in [-0.1, -0.05) is 48.0 Å². The van der Waals surface area contributed by atoms with Crippen LogP contribution in [-0.2, 0) is 0 Å². The molecule has 1 unspecified atom stereocenters. The molecule has 2 nitrogen and oxygen atoms in total. The number of para-hydroxylation sites is 1. The minimum atomic E-state index is -0.110. The standard InChI is InChI=1S/C16H12ClN2/c1-11(12-6-2-4-8-14(12)17)16-13-7-3-5-9-15(13)18-10-19-16/h2-11H,1H2. The van der Waals surface area contributed by atoms with E-state index in [1.165, 1.54) is 0 Å². The van der Waals surface area contributed by atoms with Crippen molar-refractivity contribution in [3.8, 4) is 0 Å². The average molecular weight is 268 g/mol. The van der Waals surface area contributed by atoms with E-state index in [1.807, 2.05) is 48.5 Å². The third kappa shape index (κ3) is 2.20. The van der Waals surface area contributed by atoms with Crippen LogP contribution in [0.25, 0.3) is 10.9 Å². The van der Waals surface area contributed by atoms with Crippen LogP contribution < -0.4 is 0 Å². The van der Waals surface area contributed by atoms with Crippen molar-refractivity contribution in [3.05, 3.63) is 78.1 Å². The van der Waals surface area contributed by atoms with E-state index in [4.69, 9.17) is 11.6 Å². The lowest BCUT2D eigenvalue weighted by Gasteiger charge is -2.14. The first-order valence-corrected chi connectivity index (χ1v) is 6.42. The highest BCUT2D eigenvalue weighted by molar-refractivity contribution is 6.31. The van der Waals surface area contributed by atoms with Crippen LogP contribution in [0.4, 0.5) is 0 Å². The highest BCUT2D eigenvalue weighted by Gasteiger charge is 2.15. The van der Waals surface area contributed by atoms with Crippen LogP contribution in [0, 0.1) is 6.92 Å². The zero-order chi connectivity index (χ0) is 13.2. The van der Waals surface area contributed by atoms with Crippen molar-refractivity contribution < 1.29 is 0 Å². The molecule has 93 valence electrons. The molecule has 1 atom stereocenters. The summed E-state index contributed by atoms with van der Waals surface area (Å²) in [5.41, 5.74) is 2.81. The molecule has 0 amide bonds. The lowest BCUT2D eigenvalue weighted by molar-refractivity contribution is 0.954. The Hall–Kier alpha value is -1.93. The lowest BCUT2D eigenvalue weighted by Crippen LogP contribution is -2.02. The summed E-state index contributed by atoms with van der Waals surface area (Å²) in [7, 11) is 0. The maximum atomic E-state index is 6.24. The molecule has 0 aliphatic rings. The van der Waals surface area contributed by atoms with Gasteiger partial charge in [-0.05, 0) is 24.6 Å². The summed E-state index contributed by atoms with van der Waals surface area (Å²) in [6.45, 7) is 4.21. The van der Waals surface area contributed by atoms with Gasteiger partial charge in [0.25, 0.3) is 0 Å². The molecule has 1 heterocycles. The van der Waals surface area contributed by atoms with Crippen LogP contribution in [0.15, 0.2) is 54.9 Å². The number of hydrogen-bond donors (Lipinski definition) is 0. The first kappa shape index (κ1) is 12.1. The molecule has 2 aromatic carbocycles. The normalized spacial score (nSPS) is 12.5. The van der Waals surface area contributed by atoms with Crippen molar-refractivity contribution in [1.29, 1.82) is 0 Å². The largest absolute Gasteiger partial charge is 0.240 e. The van der Waals surface area contributed by atoms with Crippen LogP contribution in [0.5, 0.6) is 0 Å². The number of fused-ring (bicyclic) bond motifs is 1. The molecule has 0 saturated carbocycles. The van der Waals surface area contributed by atoms with Gasteiger partial charge in [0.15, 0.2) is 0 Å². The molecule has 3 heteroatoms. The fraction of sp³-hybridized carbons (Fsp3) is 0.0625. The number of halogens is 1. The molecule has 0 bridgehead atoms. The molecule has 0 saturated heterocycles. The Kier molecular flexibility index (Phi) is 3.18. The Morgan fingerprint density at radius 1 is 0.947 bits per heavy atom. The summed E-state index contributed by atoms with van der Waals surface area (Å²) < 4.78 is 0. The Balaban J connectivity index is 2.17. The van der Waals surface area contributed by atoms with Crippen LogP contribution >= 0.6 is 11.6 Å². The van der Waals surface area contributed by atoms with Gasteiger partial charge in [0.05, 0.1) is 11.2 Å². The van der Waals surface area contributed by atoms with Crippen LogP contribution in [0.2, 0.25) is 5.02 Å². The first-order chi connectivity index (χ1) is 9.27. The minimum absolute atomic E-state index is 0.110. The number of aromatic nitrogens is 2. The zero-order valence-electron chi connectivity index (χ0n) is 10.3. The predicted molar refractivity (Wildman–Crippen MR) is 78.2 cm³/mol. The van der Waals surface area contributed by atoms with E-state index in [9.17, 15) is 0 Å². The maximum Gasteiger partial charge on any atom is 0.116 e. The fourth-order valence-electron chi connectivity index (χ4n) is 2.21. The van der Waals surface area contributed by atoms with E-state index in [2.05, 4.69) is 16.9 Å². The average Bonchev–Trinajstić information content (AvgIpc) is 2.46. The zero-order valence-corrected chi connectivity index (χ0v) is 11.0. The maximum absolute atomic E-state index is 6.24. The number of hydrogen-bond acceptors (Lipinski definition) is 2. The second-order valence-corrected chi connectivity index (χ2v) is 4.76. The van der Waals surface area contributed by atoms with Gasteiger partial charge in [-0.25, -0.2) is 9.97 Å². The molecule has 1 aromatic heterocycles. The molecule has 3 rings (SSSR count). The Morgan fingerprint density at radius 3 is 2.53 bits per heavy atom. The van der Waals surface area contributed by atoms with Crippen molar-refractivity contribution in [2.45, 2.75) is 5.92 Å². The van der Waals surface area contributed by atoms with Gasteiger partial charge in [-0.3, -0.25) is 0 Å². The number of rotatable bonds is 2. The predicted octanol–water partition coefficient (Wildman–Crippen LogP) is 4.25. The molecule has 19 heavy (non-hydrogen) atoms.